The fourth-order valence-corrected chi connectivity index (χ4v) is 2.75. The summed E-state index contributed by atoms with van der Waals surface area (Å²) in [5.41, 5.74) is 7.21. The second kappa shape index (κ2) is 10.1. The maximum absolute atomic E-state index is 13.6. The van der Waals surface area contributed by atoms with Crippen LogP contribution in [-0.2, 0) is 0 Å². The lowest BCUT2D eigenvalue weighted by Crippen LogP contribution is -2.28. The van der Waals surface area contributed by atoms with E-state index in [0.29, 0.717) is 28.3 Å². The molecule has 1 aromatic carbocycles. The van der Waals surface area contributed by atoms with Crippen molar-refractivity contribution in [2.75, 3.05) is 0 Å². The molecule has 0 spiro atoms. The van der Waals surface area contributed by atoms with Gasteiger partial charge in [-0.15, -0.1) is 0 Å². The second-order valence-corrected chi connectivity index (χ2v) is 5.52. The Morgan fingerprint density at radius 2 is 1.85 bits per heavy atom. The van der Waals surface area contributed by atoms with Crippen molar-refractivity contribution >= 4 is 17.1 Å². The van der Waals surface area contributed by atoms with Crippen LogP contribution in [0.4, 0.5) is 4.39 Å². The average molecular weight is 380 g/mol. The molecular formula is C20H27ClFN3O. The van der Waals surface area contributed by atoms with E-state index in [0.717, 1.165) is 0 Å². The first kappa shape index (κ1) is 21.9. The number of halogens is 2. The minimum absolute atomic E-state index is 0.318. The van der Waals surface area contributed by atoms with Crippen LogP contribution in [0, 0.1) is 5.82 Å². The van der Waals surface area contributed by atoms with Gasteiger partial charge in [-0.05, 0) is 30.7 Å². The van der Waals surface area contributed by atoms with Crippen LogP contribution in [0.5, 0.6) is 0 Å². The molecule has 26 heavy (non-hydrogen) atoms. The summed E-state index contributed by atoms with van der Waals surface area (Å²) < 4.78 is 16.6. The summed E-state index contributed by atoms with van der Waals surface area (Å²) in [5, 5.41) is 0.353. The highest BCUT2D eigenvalue weighted by atomic mass is 35.5. The molecule has 1 unspecified atom stereocenters. The quantitative estimate of drug-likeness (QED) is 0.667. The average Bonchev–Trinajstić information content (AvgIpc) is 3.05. The molecule has 4 nitrogen and oxygen atoms in total. The van der Waals surface area contributed by atoms with E-state index in [1.165, 1.54) is 16.7 Å². The number of benzene rings is 1. The van der Waals surface area contributed by atoms with Gasteiger partial charge in [-0.3, -0.25) is 9.36 Å². The van der Waals surface area contributed by atoms with Crippen LogP contribution in [-0.4, -0.2) is 8.97 Å². The van der Waals surface area contributed by atoms with Gasteiger partial charge in [0.05, 0.1) is 16.4 Å². The van der Waals surface area contributed by atoms with Crippen LogP contribution < -0.4 is 11.3 Å². The smallest absolute Gasteiger partial charge is 0.281 e. The molecule has 0 amide bonds. The number of hydrogen-bond donors (Lipinski definition) is 1. The molecular weight excluding hydrogens is 353 g/mol. The molecule has 0 radical (unpaired) electrons. The van der Waals surface area contributed by atoms with E-state index in [-0.39, 0.29) is 11.6 Å². The molecule has 0 aliphatic heterocycles. The van der Waals surface area contributed by atoms with Crippen molar-refractivity contribution < 1.29 is 4.39 Å². The van der Waals surface area contributed by atoms with Crippen molar-refractivity contribution in [3.63, 3.8) is 0 Å². The standard InChI is InChI=1S/C16H15ClFN3O.2C2H6/c1-2-13(19)14-9-20-7-6-12(17)15(20)16(22)21(14)11-5-3-4-10(18)8-11;2*1-2/h3-9,13H,2,19H2,1H3;2*1-2H3. The lowest BCUT2D eigenvalue weighted by atomic mass is 10.1. The van der Waals surface area contributed by atoms with Gasteiger partial charge in [0, 0.05) is 18.4 Å². The van der Waals surface area contributed by atoms with Gasteiger partial charge in [-0.1, -0.05) is 52.3 Å². The van der Waals surface area contributed by atoms with Gasteiger partial charge in [0.2, 0.25) is 0 Å². The van der Waals surface area contributed by atoms with Crippen molar-refractivity contribution in [1.82, 2.24) is 8.97 Å². The van der Waals surface area contributed by atoms with Crippen LogP contribution in [0.25, 0.3) is 11.2 Å². The Kier molecular flexibility index (Phi) is 8.55. The Labute approximate surface area is 159 Å². The molecule has 3 rings (SSSR count). The second-order valence-electron chi connectivity index (χ2n) is 5.11. The van der Waals surface area contributed by atoms with Crippen LogP contribution in [0.2, 0.25) is 5.02 Å². The number of nitrogens with two attached hydrogens (primary N) is 1. The number of aromatic nitrogens is 2. The van der Waals surface area contributed by atoms with E-state index >= 15 is 0 Å². The third-order valence-electron chi connectivity index (χ3n) is 3.69. The van der Waals surface area contributed by atoms with Crippen molar-refractivity contribution in [2.45, 2.75) is 47.1 Å². The normalized spacial score (nSPS) is 11.2. The van der Waals surface area contributed by atoms with Crippen LogP contribution in [0.3, 0.4) is 0 Å². The summed E-state index contributed by atoms with van der Waals surface area (Å²) in [5.74, 6) is -0.415. The zero-order valence-electron chi connectivity index (χ0n) is 16.0. The fourth-order valence-electron chi connectivity index (χ4n) is 2.52. The van der Waals surface area contributed by atoms with Crippen molar-refractivity contribution in [1.29, 1.82) is 0 Å². The molecule has 0 fully saturated rings. The summed E-state index contributed by atoms with van der Waals surface area (Å²) in [6.07, 6.45) is 4.12. The highest BCUT2D eigenvalue weighted by molar-refractivity contribution is 6.33. The maximum atomic E-state index is 13.6. The first-order valence-corrected chi connectivity index (χ1v) is 9.34. The fraction of sp³-hybridized carbons (Fsp3) is 0.350. The van der Waals surface area contributed by atoms with Gasteiger partial charge in [0.25, 0.3) is 5.56 Å². The summed E-state index contributed by atoms with van der Waals surface area (Å²) in [6, 6.07) is 7.17. The summed E-state index contributed by atoms with van der Waals surface area (Å²) in [6.45, 7) is 9.93. The Balaban J connectivity index is 0.000000791. The minimum atomic E-state index is -0.415. The van der Waals surface area contributed by atoms with Crippen molar-refractivity contribution in [3.8, 4) is 5.69 Å². The summed E-state index contributed by atoms with van der Waals surface area (Å²) in [4.78, 5) is 12.8. The van der Waals surface area contributed by atoms with E-state index in [1.807, 2.05) is 34.6 Å². The number of fused-ring (bicyclic) bond motifs is 1. The van der Waals surface area contributed by atoms with Gasteiger partial charge in [0.15, 0.2) is 0 Å². The van der Waals surface area contributed by atoms with Gasteiger partial charge in [-0.25, -0.2) is 4.39 Å². The number of hydrogen-bond acceptors (Lipinski definition) is 2. The third-order valence-corrected chi connectivity index (χ3v) is 3.99. The van der Waals surface area contributed by atoms with E-state index in [1.54, 1.807) is 35.0 Å². The predicted molar refractivity (Wildman–Crippen MR) is 108 cm³/mol. The molecule has 1 atom stereocenters. The Hall–Kier alpha value is -2.11. The van der Waals surface area contributed by atoms with E-state index in [4.69, 9.17) is 17.3 Å². The molecule has 3 aromatic rings. The minimum Gasteiger partial charge on any atom is -0.323 e. The van der Waals surface area contributed by atoms with Crippen LogP contribution in [0.15, 0.2) is 47.5 Å². The van der Waals surface area contributed by atoms with Gasteiger partial charge >= 0.3 is 0 Å². The Morgan fingerprint density at radius 1 is 1.19 bits per heavy atom. The lowest BCUT2D eigenvalue weighted by molar-refractivity contribution is 0.619. The van der Waals surface area contributed by atoms with Gasteiger partial charge in [-0.2, -0.15) is 0 Å². The molecule has 2 aromatic heterocycles. The zero-order valence-corrected chi connectivity index (χ0v) is 16.7. The maximum Gasteiger partial charge on any atom is 0.281 e. The Bertz CT molecular complexity index is 902. The molecule has 2 N–H and O–H groups in total. The highest BCUT2D eigenvalue weighted by Gasteiger charge is 2.17. The van der Waals surface area contributed by atoms with Crippen molar-refractivity contribution in [3.05, 3.63) is 69.6 Å². The van der Waals surface area contributed by atoms with Gasteiger partial charge < -0.3 is 10.1 Å². The van der Waals surface area contributed by atoms with Crippen molar-refractivity contribution in [2.24, 2.45) is 5.73 Å². The predicted octanol–water partition coefficient (Wildman–Crippen LogP) is 5.34. The molecule has 0 aliphatic carbocycles. The summed E-state index contributed by atoms with van der Waals surface area (Å²) in [7, 11) is 0. The van der Waals surface area contributed by atoms with E-state index in [9.17, 15) is 9.18 Å². The van der Waals surface area contributed by atoms with E-state index in [2.05, 4.69) is 0 Å². The highest BCUT2D eigenvalue weighted by Crippen LogP contribution is 2.22. The van der Waals surface area contributed by atoms with Crippen LogP contribution >= 0.6 is 11.6 Å². The molecule has 0 aliphatic rings. The first-order valence-electron chi connectivity index (χ1n) is 8.96. The monoisotopic (exact) mass is 379 g/mol. The molecule has 142 valence electrons. The zero-order chi connectivity index (χ0) is 19.9. The SMILES string of the molecule is CC.CC.CCC(N)c1cn2ccc(Cl)c2c(=O)n1-c1cccc(F)c1. The number of rotatable bonds is 3. The van der Waals surface area contributed by atoms with Crippen LogP contribution in [0.1, 0.15) is 52.8 Å². The molecule has 0 bridgehead atoms. The first-order chi connectivity index (χ1) is 12.5. The molecule has 2 heterocycles. The summed E-state index contributed by atoms with van der Waals surface area (Å²) >= 11 is 6.09. The largest absolute Gasteiger partial charge is 0.323 e. The van der Waals surface area contributed by atoms with Gasteiger partial charge in [0.1, 0.15) is 11.3 Å². The molecule has 6 heteroatoms. The topological polar surface area (TPSA) is 52.4 Å². The number of nitrogens with zero attached hydrogens (tertiary/aromatic N) is 2. The Morgan fingerprint density at radius 3 is 2.42 bits per heavy atom. The van der Waals surface area contributed by atoms with E-state index < -0.39 is 5.82 Å². The lowest BCUT2D eigenvalue weighted by Gasteiger charge is -2.18. The molecule has 0 saturated carbocycles. The third kappa shape index (κ3) is 4.34. The molecule has 0 saturated heterocycles.